The lowest BCUT2D eigenvalue weighted by molar-refractivity contribution is -0.0556. The highest BCUT2D eigenvalue weighted by Gasteiger charge is 2.34. The molecule has 1 aliphatic heterocycles. The molecule has 7 nitrogen and oxygen atoms in total. The van der Waals surface area contributed by atoms with Gasteiger partial charge in [0, 0.05) is 35.1 Å². The first kappa shape index (κ1) is 26.6. The summed E-state index contributed by atoms with van der Waals surface area (Å²) in [5.74, 6) is -0.895. The van der Waals surface area contributed by atoms with Crippen molar-refractivity contribution in [2.75, 3.05) is 32.2 Å². The lowest BCUT2D eigenvalue weighted by atomic mass is 9.91. The molecule has 2 N–H and O–H groups in total. The number of benzene rings is 2. The molecule has 0 amide bonds. The van der Waals surface area contributed by atoms with E-state index >= 15 is 0 Å². The van der Waals surface area contributed by atoms with Gasteiger partial charge in [-0.25, -0.2) is 9.97 Å². The maximum Gasteiger partial charge on any atom is 0.295 e. The number of aromatic nitrogens is 2. The van der Waals surface area contributed by atoms with Crippen LogP contribution in [0, 0.1) is 6.92 Å². The van der Waals surface area contributed by atoms with Crippen LogP contribution < -0.4 is 14.8 Å². The zero-order valence-electron chi connectivity index (χ0n) is 22.2. The molecule has 2 heterocycles. The van der Waals surface area contributed by atoms with Gasteiger partial charge in [0.2, 0.25) is 0 Å². The van der Waals surface area contributed by atoms with Crippen molar-refractivity contribution in [3.8, 4) is 11.5 Å². The molecule has 9 heteroatoms. The van der Waals surface area contributed by atoms with Gasteiger partial charge in [-0.05, 0) is 63.8 Å². The average Bonchev–Trinajstić information content (AvgIpc) is 3.33. The zero-order chi connectivity index (χ0) is 26.9. The minimum atomic E-state index is -3.30. The largest absolute Gasteiger partial charge is 0.493 e. The van der Waals surface area contributed by atoms with Crippen LogP contribution in [-0.2, 0) is 5.92 Å². The van der Waals surface area contributed by atoms with E-state index in [1.54, 1.807) is 19.2 Å². The minimum absolute atomic E-state index is 0.224. The Morgan fingerprint density at radius 2 is 1.95 bits per heavy atom. The molecule has 1 aliphatic carbocycles. The van der Waals surface area contributed by atoms with Gasteiger partial charge in [-0.15, -0.1) is 0 Å². The Hall–Kier alpha value is -3.04. The van der Waals surface area contributed by atoms with Gasteiger partial charge in [0.05, 0.1) is 12.6 Å². The van der Waals surface area contributed by atoms with Crippen molar-refractivity contribution in [1.82, 2.24) is 14.9 Å². The summed E-state index contributed by atoms with van der Waals surface area (Å²) in [7, 11) is 1.62. The summed E-state index contributed by atoms with van der Waals surface area (Å²) in [5.41, 5.74) is 1.13. The first-order chi connectivity index (χ1) is 18.3. The molecular weight excluding hydrogens is 490 g/mol. The highest BCUT2D eigenvalue weighted by Crippen LogP contribution is 2.37. The van der Waals surface area contributed by atoms with Gasteiger partial charge >= 0.3 is 0 Å². The molecule has 3 aromatic rings. The molecule has 2 atom stereocenters. The van der Waals surface area contributed by atoms with Crippen molar-refractivity contribution in [3.63, 3.8) is 0 Å². The fourth-order valence-electron chi connectivity index (χ4n) is 5.47. The Morgan fingerprint density at radius 3 is 2.66 bits per heavy atom. The third-order valence-corrected chi connectivity index (χ3v) is 7.85. The third kappa shape index (κ3) is 5.40. The van der Waals surface area contributed by atoms with Gasteiger partial charge in [-0.1, -0.05) is 24.6 Å². The van der Waals surface area contributed by atoms with Crippen LogP contribution in [0.4, 0.5) is 14.6 Å². The summed E-state index contributed by atoms with van der Waals surface area (Å²) >= 11 is 0. The number of methoxy groups -OCH3 is 1. The number of hydrogen-bond donors (Lipinski definition) is 2. The van der Waals surface area contributed by atoms with Gasteiger partial charge in [0.1, 0.15) is 24.9 Å². The molecule has 2 fully saturated rings. The normalized spacial score (nSPS) is 19.4. The predicted octanol–water partition coefficient (Wildman–Crippen LogP) is 5.60. The molecule has 0 spiro atoms. The quantitative estimate of drug-likeness (QED) is 0.356. The Morgan fingerprint density at radius 1 is 1.13 bits per heavy atom. The predicted molar refractivity (Wildman–Crippen MR) is 143 cm³/mol. The van der Waals surface area contributed by atoms with Crippen molar-refractivity contribution in [2.24, 2.45) is 0 Å². The summed E-state index contributed by atoms with van der Waals surface area (Å²) in [6.45, 7) is 4.19. The molecule has 2 aliphatic rings. The summed E-state index contributed by atoms with van der Waals surface area (Å²) in [6.07, 6.45) is 6.20. The fraction of sp³-hybridized carbons (Fsp3) is 0.517. The Bertz CT molecular complexity index is 1280. The molecule has 1 aromatic heterocycles. The van der Waals surface area contributed by atoms with Crippen LogP contribution in [0.25, 0.3) is 10.9 Å². The lowest BCUT2D eigenvalue weighted by Crippen LogP contribution is -2.45. The van der Waals surface area contributed by atoms with E-state index in [0.717, 1.165) is 18.4 Å². The average molecular weight is 527 g/mol. The summed E-state index contributed by atoms with van der Waals surface area (Å²) in [6, 6.07) is 10.6. The Kier molecular flexibility index (Phi) is 7.68. The van der Waals surface area contributed by atoms with E-state index < -0.39 is 12.5 Å². The monoisotopic (exact) mass is 526 g/mol. The van der Waals surface area contributed by atoms with E-state index in [0.29, 0.717) is 52.9 Å². The zero-order valence-corrected chi connectivity index (χ0v) is 22.2. The van der Waals surface area contributed by atoms with Crippen molar-refractivity contribution in [1.29, 1.82) is 0 Å². The second-order valence-corrected chi connectivity index (χ2v) is 10.4. The summed E-state index contributed by atoms with van der Waals surface area (Å²) in [4.78, 5) is 11.8. The van der Waals surface area contributed by atoms with E-state index in [1.807, 2.05) is 26.0 Å². The standard InChI is InChI=1S/C29H36F2N4O3/c1-18(20-7-4-8-21(13-20)29(30,31)17-36)32-28-24-14-27(26(37-3)15-25(24)33-19(2)34-28)38-16-23-11-6-12-35(23)22-9-5-10-22/h4,7-8,13-15,18,22-23,36H,5-6,9-12,16-17H2,1-3H3,(H,32,33,34)/t18-,23+/m1/s1. The van der Waals surface area contributed by atoms with Crippen LogP contribution in [0.2, 0.25) is 0 Å². The number of fused-ring (bicyclic) bond motifs is 1. The van der Waals surface area contributed by atoms with E-state index in [1.165, 1.54) is 37.8 Å². The highest BCUT2D eigenvalue weighted by molar-refractivity contribution is 5.92. The maximum atomic E-state index is 14.1. The van der Waals surface area contributed by atoms with Gasteiger partial charge < -0.3 is 19.9 Å². The van der Waals surface area contributed by atoms with E-state index in [-0.39, 0.29) is 11.6 Å². The molecule has 38 heavy (non-hydrogen) atoms. The number of nitrogens with one attached hydrogen (secondary N) is 1. The number of aliphatic hydroxyl groups excluding tert-OH is 1. The number of aliphatic hydroxyl groups is 1. The van der Waals surface area contributed by atoms with Crippen LogP contribution in [0.1, 0.15) is 62.0 Å². The van der Waals surface area contributed by atoms with Gasteiger partial charge in [-0.3, -0.25) is 4.90 Å². The van der Waals surface area contributed by atoms with Gasteiger partial charge in [0.25, 0.3) is 5.92 Å². The topological polar surface area (TPSA) is 79.7 Å². The molecular formula is C29H36F2N4O3. The Balaban J connectivity index is 1.41. The number of anilines is 1. The van der Waals surface area contributed by atoms with Crippen LogP contribution >= 0.6 is 0 Å². The highest BCUT2D eigenvalue weighted by atomic mass is 19.3. The van der Waals surface area contributed by atoms with Crippen LogP contribution in [0.15, 0.2) is 36.4 Å². The van der Waals surface area contributed by atoms with E-state index in [4.69, 9.17) is 14.6 Å². The molecule has 0 radical (unpaired) electrons. The van der Waals surface area contributed by atoms with Crippen LogP contribution in [-0.4, -0.2) is 58.9 Å². The minimum Gasteiger partial charge on any atom is -0.493 e. The summed E-state index contributed by atoms with van der Waals surface area (Å²) < 4.78 is 40.2. The lowest BCUT2D eigenvalue weighted by Gasteiger charge is -2.38. The number of aryl methyl sites for hydroxylation is 1. The number of likely N-dealkylation sites (tertiary alicyclic amines) is 1. The number of alkyl halides is 2. The van der Waals surface area contributed by atoms with Gasteiger partial charge in [-0.2, -0.15) is 8.78 Å². The number of hydrogen-bond acceptors (Lipinski definition) is 7. The second-order valence-electron chi connectivity index (χ2n) is 10.4. The molecule has 0 unspecified atom stereocenters. The number of nitrogens with zero attached hydrogens (tertiary/aromatic N) is 3. The van der Waals surface area contributed by atoms with Crippen molar-refractivity contribution in [3.05, 3.63) is 53.3 Å². The third-order valence-electron chi connectivity index (χ3n) is 7.85. The number of ether oxygens (including phenoxy) is 2. The van der Waals surface area contributed by atoms with Crippen molar-refractivity contribution >= 4 is 16.7 Å². The fourth-order valence-corrected chi connectivity index (χ4v) is 5.47. The number of halogens is 2. The maximum absolute atomic E-state index is 14.1. The van der Waals surface area contributed by atoms with Crippen molar-refractivity contribution < 1.29 is 23.4 Å². The molecule has 2 aromatic carbocycles. The summed E-state index contributed by atoms with van der Waals surface area (Å²) in [5, 5.41) is 13.2. The van der Waals surface area contributed by atoms with Gasteiger partial charge in [0.15, 0.2) is 11.5 Å². The van der Waals surface area contributed by atoms with Crippen LogP contribution in [0.3, 0.4) is 0 Å². The smallest absolute Gasteiger partial charge is 0.295 e. The van der Waals surface area contributed by atoms with E-state index in [2.05, 4.69) is 20.2 Å². The van der Waals surface area contributed by atoms with Crippen molar-refractivity contribution in [2.45, 2.75) is 70.0 Å². The molecule has 0 bridgehead atoms. The number of rotatable bonds is 10. The molecule has 1 saturated carbocycles. The molecule has 204 valence electrons. The molecule has 5 rings (SSSR count). The SMILES string of the molecule is COc1cc2nc(C)nc(N[C@H](C)c3cccc(C(F)(F)CO)c3)c2cc1OC[C@@H]1CCCN1C1CCC1. The van der Waals surface area contributed by atoms with E-state index in [9.17, 15) is 8.78 Å². The second kappa shape index (κ2) is 11.0. The molecule has 1 saturated heterocycles. The van der Waals surface area contributed by atoms with Crippen LogP contribution in [0.5, 0.6) is 11.5 Å². The Labute approximate surface area is 222 Å². The first-order valence-electron chi connectivity index (χ1n) is 13.4. The first-order valence-corrected chi connectivity index (χ1v) is 13.4.